The zero-order valence-corrected chi connectivity index (χ0v) is 21.3. The molecule has 0 bridgehead atoms. The second-order valence-electron chi connectivity index (χ2n) is 10.0. The molecule has 2 amide bonds. The number of fused-ring (bicyclic) bond motifs is 1. The van der Waals surface area contributed by atoms with Crippen LogP contribution in [0.4, 0.5) is 5.69 Å². The summed E-state index contributed by atoms with van der Waals surface area (Å²) in [5, 5.41) is 10.9. The van der Waals surface area contributed by atoms with Crippen molar-refractivity contribution in [2.75, 3.05) is 5.32 Å². The van der Waals surface area contributed by atoms with Crippen molar-refractivity contribution in [1.29, 1.82) is 0 Å². The van der Waals surface area contributed by atoms with E-state index in [4.69, 9.17) is 23.2 Å². The van der Waals surface area contributed by atoms with E-state index in [2.05, 4.69) is 29.8 Å². The molecule has 1 aliphatic heterocycles. The minimum absolute atomic E-state index is 0.0405. The third kappa shape index (κ3) is 5.59. The van der Waals surface area contributed by atoms with Crippen molar-refractivity contribution >= 4 is 40.7 Å². The van der Waals surface area contributed by atoms with Crippen LogP contribution in [0.2, 0.25) is 10.0 Å². The van der Waals surface area contributed by atoms with Crippen LogP contribution in [0.1, 0.15) is 63.5 Å². The average molecular weight is 502 g/mol. The summed E-state index contributed by atoms with van der Waals surface area (Å²) in [6.45, 7) is 4.18. The van der Waals surface area contributed by atoms with Gasteiger partial charge in [0.2, 0.25) is 11.8 Å². The number of nitrogens with one attached hydrogen (secondary N) is 3. The fourth-order valence-electron chi connectivity index (χ4n) is 5.22. The summed E-state index contributed by atoms with van der Waals surface area (Å²) in [5.74, 6) is 0.0391. The van der Waals surface area contributed by atoms with Gasteiger partial charge in [0, 0.05) is 33.8 Å². The van der Waals surface area contributed by atoms with Crippen LogP contribution in [-0.4, -0.2) is 23.9 Å². The minimum Gasteiger partial charge on any atom is -0.352 e. The van der Waals surface area contributed by atoms with Crippen molar-refractivity contribution in [3.8, 4) is 0 Å². The van der Waals surface area contributed by atoms with Gasteiger partial charge in [0.25, 0.3) is 0 Å². The Bertz CT molecular complexity index is 1050. The van der Waals surface area contributed by atoms with Crippen LogP contribution < -0.4 is 16.0 Å². The molecule has 34 heavy (non-hydrogen) atoms. The molecule has 1 aliphatic carbocycles. The molecule has 7 heteroatoms. The molecular weight excluding hydrogens is 469 g/mol. The third-order valence-electron chi connectivity index (χ3n) is 6.83. The van der Waals surface area contributed by atoms with Gasteiger partial charge in [0.1, 0.15) is 5.54 Å². The van der Waals surface area contributed by atoms with Gasteiger partial charge in [-0.05, 0) is 55.0 Å². The fourth-order valence-corrected chi connectivity index (χ4v) is 5.60. The molecule has 1 fully saturated rings. The first-order valence-electron chi connectivity index (χ1n) is 12.2. The van der Waals surface area contributed by atoms with Crippen molar-refractivity contribution in [3.63, 3.8) is 0 Å². The van der Waals surface area contributed by atoms with Gasteiger partial charge in [-0.2, -0.15) is 0 Å². The van der Waals surface area contributed by atoms with Gasteiger partial charge in [-0.25, -0.2) is 0 Å². The summed E-state index contributed by atoms with van der Waals surface area (Å²) >= 11 is 12.5. The lowest BCUT2D eigenvalue weighted by Gasteiger charge is -2.35. The highest BCUT2D eigenvalue weighted by molar-refractivity contribution is 6.31. The SMILES string of the molecule is CC(C)C[C@H](NC1(Cc2cccc(Cl)c2)C(=O)Nc2cc(Cl)ccc21)C(=O)NC1CCCCC1. The van der Waals surface area contributed by atoms with E-state index in [1.54, 1.807) is 12.1 Å². The number of rotatable bonds is 8. The average Bonchev–Trinajstić information content (AvgIpc) is 3.03. The topological polar surface area (TPSA) is 70.2 Å². The van der Waals surface area contributed by atoms with Gasteiger partial charge in [-0.3, -0.25) is 14.9 Å². The highest BCUT2D eigenvalue weighted by Gasteiger charge is 2.49. The van der Waals surface area contributed by atoms with E-state index < -0.39 is 11.6 Å². The summed E-state index contributed by atoms with van der Waals surface area (Å²) < 4.78 is 0. The predicted octanol–water partition coefficient (Wildman–Crippen LogP) is 5.84. The first-order valence-corrected chi connectivity index (χ1v) is 13.0. The molecule has 0 aromatic heterocycles. The van der Waals surface area contributed by atoms with Gasteiger partial charge >= 0.3 is 0 Å². The van der Waals surface area contributed by atoms with Crippen molar-refractivity contribution < 1.29 is 9.59 Å². The van der Waals surface area contributed by atoms with Crippen LogP contribution in [0, 0.1) is 5.92 Å². The number of hydrogen-bond donors (Lipinski definition) is 3. The third-order valence-corrected chi connectivity index (χ3v) is 7.30. The molecule has 4 rings (SSSR count). The summed E-state index contributed by atoms with van der Waals surface area (Å²) in [7, 11) is 0. The second-order valence-corrected chi connectivity index (χ2v) is 10.9. The smallest absolute Gasteiger partial charge is 0.249 e. The molecule has 0 saturated heterocycles. The van der Waals surface area contributed by atoms with Crippen LogP contribution in [-0.2, 0) is 21.5 Å². The Kier molecular flexibility index (Phi) is 7.86. The molecule has 182 valence electrons. The first kappa shape index (κ1) is 25.0. The van der Waals surface area contributed by atoms with E-state index in [9.17, 15) is 9.59 Å². The fraction of sp³-hybridized carbons (Fsp3) is 0.481. The molecule has 0 spiro atoms. The molecule has 2 aliphatic rings. The molecule has 1 unspecified atom stereocenters. The van der Waals surface area contributed by atoms with E-state index in [0.717, 1.165) is 36.8 Å². The molecule has 2 aromatic rings. The molecule has 5 nitrogen and oxygen atoms in total. The maximum Gasteiger partial charge on any atom is 0.249 e. The quantitative estimate of drug-likeness (QED) is 0.425. The molecule has 1 saturated carbocycles. The maximum atomic E-state index is 13.6. The summed E-state index contributed by atoms with van der Waals surface area (Å²) in [6, 6.07) is 12.6. The summed E-state index contributed by atoms with van der Waals surface area (Å²) in [5.41, 5.74) is 1.26. The first-order chi connectivity index (χ1) is 16.3. The highest BCUT2D eigenvalue weighted by Crippen LogP contribution is 2.41. The van der Waals surface area contributed by atoms with Crippen LogP contribution >= 0.6 is 23.2 Å². The molecule has 3 N–H and O–H groups in total. The van der Waals surface area contributed by atoms with E-state index in [0.29, 0.717) is 28.6 Å². The molecule has 2 atom stereocenters. The zero-order valence-electron chi connectivity index (χ0n) is 19.8. The molecule has 0 radical (unpaired) electrons. The van der Waals surface area contributed by atoms with E-state index >= 15 is 0 Å². The van der Waals surface area contributed by atoms with Gasteiger partial charge in [-0.1, -0.05) is 74.5 Å². The van der Waals surface area contributed by atoms with Crippen molar-refractivity contribution in [2.45, 2.75) is 76.4 Å². The number of amides is 2. The lowest BCUT2D eigenvalue weighted by Crippen LogP contribution is -2.59. The van der Waals surface area contributed by atoms with E-state index in [-0.39, 0.29) is 23.8 Å². The molecule has 1 heterocycles. The second kappa shape index (κ2) is 10.7. The van der Waals surface area contributed by atoms with Crippen LogP contribution in [0.25, 0.3) is 0 Å². The Hall–Kier alpha value is -2.08. The number of hydrogen-bond acceptors (Lipinski definition) is 3. The number of carbonyl (C=O) groups is 2. The van der Waals surface area contributed by atoms with Gasteiger partial charge in [0.15, 0.2) is 0 Å². The van der Waals surface area contributed by atoms with Crippen LogP contribution in [0.15, 0.2) is 42.5 Å². The minimum atomic E-state index is -1.12. The lowest BCUT2D eigenvalue weighted by molar-refractivity contribution is -0.127. The lowest BCUT2D eigenvalue weighted by atomic mass is 9.83. The Morgan fingerprint density at radius 1 is 1.09 bits per heavy atom. The van der Waals surface area contributed by atoms with Gasteiger partial charge in [-0.15, -0.1) is 0 Å². The summed E-state index contributed by atoms with van der Waals surface area (Å²) in [6.07, 6.45) is 6.50. The Balaban J connectivity index is 1.70. The Labute approximate surface area is 212 Å². The van der Waals surface area contributed by atoms with Crippen molar-refractivity contribution in [2.24, 2.45) is 5.92 Å². The summed E-state index contributed by atoms with van der Waals surface area (Å²) in [4.78, 5) is 27.1. The highest BCUT2D eigenvalue weighted by atomic mass is 35.5. The monoisotopic (exact) mass is 501 g/mol. The normalized spacial score (nSPS) is 21.3. The number of anilines is 1. The standard InChI is InChI=1S/C27H33Cl2N3O2/c1-17(2)13-24(25(33)30-21-9-4-3-5-10-21)32-27(16-18-7-6-8-19(28)14-18)22-12-11-20(29)15-23(22)31-26(27)34/h6-8,11-12,14-15,17,21,24,32H,3-5,9-10,13,16H2,1-2H3,(H,30,33)(H,31,34)/t24-,27?/m0/s1. The van der Waals surface area contributed by atoms with E-state index in [1.807, 2.05) is 30.3 Å². The largest absolute Gasteiger partial charge is 0.352 e. The van der Waals surface area contributed by atoms with Crippen molar-refractivity contribution in [1.82, 2.24) is 10.6 Å². The number of halogens is 2. The van der Waals surface area contributed by atoms with Crippen LogP contribution in [0.3, 0.4) is 0 Å². The van der Waals surface area contributed by atoms with Crippen LogP contribution in [0.5, 0.6) is 0 Å². The zero-order chi connectivity index (χ0) is 24.3. The van der Waals surface area contributed by atoms with Gasteiger partial charge < -0.3 is 10.6 Å². The van der Waals surface area contributed by atoms with Gasteiger partial charge in [0.05, 0.1) is 6.04 Å². The molecular formula is C27H33Cl2N3O2. The Morgan fingerprint density at radius 2 is 1.82 bits per heavy atom. The van der Waals surface area contributed by atoms with E-state index in [1.165, 1.54) is 6.42 Å². The number of carbonyl (C=O) groups excluding carboxylic acids is 2. The predicted molar refractivity (Wildman–Crippen MR) is 138 cm³/mol. The molecule has 2 aromatic carbocycles. The number of benzene rings is 2. The maximum absolute atomic E-state index is 13.6. The van der Waals surface area contributed by atoms with Crippen molar-refractivity contribution in [3.05, 3.63) is 63.6 Å². The Morgan fingerprint density at radius 3 is 2.53 bits per heavy atom.